The van der Waals surface area contributed by atoms with Gasteiger partial charge in [0.05, 0.1) is 22.6 Å². The van der Waals surface area contributed by atoms with E-state index in [1.54, 1.807) is 12.1 Å². The second-order valence-electron chi connectivity index (χ2n) is 12.5. The summed E-state index contributed by atoms with van der Waals surface area (Å²) in [5, 5.41) is 3.13. The number of fused-ring (bicyclic) bond motifs is 1. The van der Waals surface area contributed by atoms with Gasteiger partial charge in [0.15, 0.2) is 15.6 Å². The van der Waals surface area contributed by atoms with Crippen LogP contribution in [-0.2, 0) is 28.7 Å². The minimum Gasteiger partial charge on any atom is -0.324 e. The van der Waals surface area contributed by atoms with Crippen LogP contribution in [0.5, 0.6) is 0 Å². The number of likely N-dealkylation sites (N-methyl/N-ethyl adjacent to an activating group) is 1. The van der Waals surface area contributed by atoms with Gasteiger partial charge in [-0.25, -0.2) is 13.4 Å². The summed E-state index contributed by atoms with van der Waals surface area (Å²) < 4.78 is 150. The predicted molar refractivity (Wildman–Crippen MR) is 185 cm³/mol. The molecule has 1 unspecified atom stereocenters. The summed E-state index contributed by atoms with van der Waals surface area (Å²) in [7, 11) is -3.27. The van der Waals surface area contributed by atoms with Crippen LogP contribution in [0.15, 0.2) is 88.7 Å². The van der Waals surface area contributed by atoms with Crippen LogP contribution in [0.3, 0.4) is 0 Å². The van der Waals surface area contributed by atoms with E-state index in [1.165, 1.54) is 6.07 Å². The molecule has 1 aliphatic heterocycles. The summed E-state index contributed by atoms with van der Waals surface area (Å²) in [6.07, 6.45) is -14.4. The normalized spacial score (nSPS) is 16.1. The van der Waals surface area contributed by atoms with Crippen LogP contribution in [0.25, 0.3) is 22.2 Å². The van der Waals surface area contributed by atoms with Gasteiger partial charge in [0, 0.05) is 46.9 Å². The highest BCUT2D eigenvalue weighted by molar-refractivity contribution is 7.99. The maximum Gasteiger partial charge on any atom is 0.417 e. The molecule has 0 spiro atoms. The third kappa shape index (κ3) is 8.68. The summed E-state index contributed by atoms with van der Waals surface area (Å²) in [5.74, 6) is -1.56. The molecule has 0 radical (unpaired) electrons. The average molecular weight is 802 g/mol. The molecule has 19 heteroatoms. The molecule has 0 amide bonds. The van der Waals surface area contributed by atoms with E-state index >= 15 is 0 Å². The lowest BCUT2D eigenvalue weighted by molar-refractivity contribution is -0.138. The van der Waals surface area contributed by atoms with Crippen molar-refractivity contribution in [3.8, 4) is 11.1 Å². The second-order valence-corrected chi connectivity index (χ2v) is 15.8. The molecular formula is C35H28F9N5O3S2. The first-order valence-electron chi connectivity index (χ1n) is 15.9. The topological polar surface area (TPSA) is 97.2 Å². The second kappa shape index (κ2) is 14.6. The van der Waals surface area contributed by atoms with E-state index in [0.717, 1.165) is 59.4 Å². The van der Waals surface area contributed by atoms with Crippen molar-refractivity contribution in [1.29, 1.82) is 0 Å². The molecule has 0 bridgehead atoms. The Labute approximate surface area is 306 Å². The lowest BCUT2D eigenvalue weighted by atomic mass is 9.99. The number of anilines is 2. The standard InChI is InChI=1S/C35H28F9N5O3S2/c1-48-12-13-53-29(18-48)20-6-8-23(9-7-20)46-32-45-16-22-14-26(25-11-10-24(15-28(25)35(42,43)44)54(51,52)19-33(36,37)38)31(50)49(30(22)47-32)17-21-4-2-3-5-27(21)34(39,40)41/h2-11,14-16,29H,12-13,17-19H2,1H3,(H,45,46,47). The Morgan fingerprint density at radius 2 is 1.56 bits per heavy atom. The molecule has 1 saturated heterocycles. The first-order chi connectivity index (χ1) is 25.2. The van der Waals surface area contributed by atoms with E-state index in [0.29, 0.717) is 17.8 Å². The fourth-order valence-corrected chi connectivity index (χ4v) is 8.62. The van der Waals surface area contributed by atoms with Gasteiger partial charge in [-0.15, -0.1) is 0 Å². The van der Waals surface area contributed by atoms with Gasteiger partial charge in [-0.2, -0.15) is 56.3 Å². The van der Waals surface area contributed by atoms with E-state index < -0.39 is 78.9 Å². The smallest absolute Gasteiger partial charge is 0.324 e. The number of alkyl halides is 9. The van der Waals surface area contributed by atoms with E-state index in [-0.39, 0.29) is 28.3 Å². The van der Waals surface area contributed by atoms with Crippen LogP contribution in [0, 0.1) is 0 Å². The van der Waals surface area contributed by atoms with Crippen LogP contribution in [0.1, 0.15) is 27.5 Å². The Morgan fingerprint density at radius 3 is 2.20 bits per heavy atom. The zero-order valence-corrected chi connectivity index (χ0v) is 29.5. The van der Waals surface area contributed by atoms with Gasteiger partial charge in [-0.3, -0.25) is 9.36 Å². The largest absolute Gasteiger partial charge is 0.417 e. The molecule has 2 aromatic heterocycles. The predicted octanol–water partition coefficient (Wildman–Crippen LogP) is 8.34. The van der Waals surface area contributed by atoms with Gasteiger partial charge in [0.25, 0.3) is 5.56 Å². The van der Waals surface area contributed by atoms with Crippen molar-refractivity contribution in [1.82, 2.24) is 19.4 Å². The molecule has 0 aliphatic carbocycles. The molecule has 8 nitrogen and oxygen atoms in total. The number of sulfone groups is 1. The van der Waals surface area contributed by atoms with Gasteiger partial charge in [0.2, 0.25) is 5.95 Å². The Hall–Kier alpha value is -4.62. The average Bonchev–Trinajstić information content (AvgIpc) is 3.08. The fraction of sp³-hybridized carbons (Fsp3) is 0.286. The number of hydrogen-bond acceptors (Lipinski definition) is 8. The number of rotatable bonds is 8. The molecule has 6 rings (SSSR count). The monoisotopic (exact) mass is 801 g/mol. The fourth-order valence-electron chi connectivity index (χ4n) is 6.04. The number of halogens is 9. The van der Waals surface area contributed by atoms with Gasteiger partial charge >= 0.3 is 18.5 Å². The summed E-state index contributed by atoms with van der Waals surface area (Å²) in [4.78, 5) is 23.6. The van der Waals surface area contributed by atoms with Crippen LogP contribution < -0.4 is 10.9 Å². The number of thioether (sulfide) groups is 1. The minimum atomic E-state index is -5.39. The van der Waals surface area contributed by atoms with Crippen molar-refractivity contribution in [3.63, 3.8) is 0 Å². The van der Waals surface area contributed by atoms with Gasteiger partial charge in [-0.05, 0) is 60.1 Å². The Morgan fingerprint density at radius 1 is 0.870 bits per heavy atom. The van der Waals surface area contributed by atoms with Gasteiger partial charge < -0.3 is 10.2 Å². The van der Waals surface area contributed by atoms with Crippen LogP contribution >= 0.6 is 11.8 Å². The van der Waals surface area contributed by atoms with E-state index in [4.69, 9.17) is 0 Å². The minimum absolute atomic E-state index is 0.0106. The first kappa shape index (κ1) is 39.1. The summed E-state index contributed by atoms with van der Waals surface area (Å²) >= 11 is 1.82. The molecule has 1 fully saturated rings. The van der Waals surface area contributed by atoms with Crippen molar-refractivity contribution >= 4 is 44.3 Å². The van der Waals surface area contributed by atoms with Crippen LogP contribution in [0.4, 0.5) is 51.1 Å². The maximum atomic E-state index is 14.4. The molecule has 286 valence electrons. The molecule has 5 aromatic rings. The van der Waals surface area contributed by atoms with Crippen molar-refractivity contribution in [2.45, 2.75) is 35.2 Å². The third-order valence-corrected chi connectivity index (χ3v) is 11.5. The molecule has 54 heavy (non-hydrogen) atoms. The summed E-state index contributed by atoms with van der Waals surface area (Å²) in [6, 6.07) is 13.6. The highest BCUT2D eigenvalue weighted by Crippen LogP contribution is 2.40. The molecule has 0 saturated carbocycles. The van der Waals surface area contributed by atoms with Crippen molar-refractivity contribution < 1.29 is 47.9 Å². The summed E-state index contributed by atoms with van der Waals surface area (Å²) in [5.41, 5.74) is -4.89. The zero-order valence-electron chi connectivity index (χ0n) is 27.9. The molecule has 3 heterocycles. The Kier molecular flexibility index (Phi) is 10.5. The highest BCUT2D eigenvalue weighted by Gasteiger charge is 2.40. The van der Waals surface area contributed by atoms with E-state index in [2.05, 4.69) is 20.2 Å². The lowest BCUT2D eigenvalue weighted by Gasteiger charge is -2.29. The number of benzene rings is 3. The van der Waals surface area contributed by atoms with Gasteiger partial charge in [-0.1, -0.05) is 36.4 Å². The number of nitrogens with zero attached hydrogens (tertiary/aromatic N) is 4. The Bertz CT molecular complexity index is 2360. The van der Waals surface area contributed by atoms with Crippen LogP contribution in [0.2, 0.25) is 0 Å². The van der Waals surface area contributed by atoms with E-state index in [1.807, 2.05) is 30.9 Å². The molecule has 3 aromatic carbocycles. The SMILES string of the molecule is CN1CCSC(c2ccc(Nc3ncc4cc(-c5ccc(S(=O)(=O)CC(F)(F)F)cc5C(F)(F)F)c(=O)n(Cc5ccccc5C(F)(F)F)c4n3)cc2)C1. The molecule has 1 aliphatic rings. The molecule has 1 N–H and O–H groups in total. The van der Waals surface area contributed by atoms with Crippen molar-refractivity contribution in [2.24, 2.45) is 0 Å². The molecular weight excluding hydrogens is 774 g/mol. The highest BCUT2D eigenvalue weighted by atomic mass is 32.2. The van der Waals surface area contributed by atoms with Crippen molar-refractivity contribution in [2.75, 3.05) is 37.0 Å². The summed E-state index contributed by atoms with van der Waals surface area (Å²) in [6.45, 7) is 1.00. The molecule has 1 atom stereocenters. The van der Waals surface area contributed by atoms with Crippen molar-refractivity contribution in [3.05, 3.63) is 112 Å². The first-order valence-corrected chi connectivity index (χ1v) is 18.6. The number of aromatic nitrogens is 3. The van der Waals surface area contributed by atoms with E-state index in [9.17, 15) is 52.7 Å². The number of nitrogens with one attached hydrogen (secondary N) is 1. The third-order valence-electron chi connectivity index (χ3n) is 8.59. The lowest BCUT2D eigenvalue weighted by Crippen LogP contribution is -2.30. The zero-order chi connectivity index (χ0) is 39.2. The maximum absolute atomic E-state index is 14.4. The van der Waals surface area contributed by atoms with Crippen LogP contribution in [-0.4, -0.2) is 65.7 Å². The Balaban J connectivity index is 1.48. The number of pyridine rings is 1. The number of hydrogen-bond donors (Lipinski definition) is 1. The van der Waals surface area contributed by atoms with Gasteiger partial charge in [0.1, 0.15) is 5.65 Å². The quantitative estimate of drug-likeness (QED) is 0.157.